The molecule has 0 atom stereocenters. The summed E-state index contributed by atoms with van der Waals surface area (Å²) in [5.74, 6) is 0.946. The summed E-state index contributed by atoms with van der Waals surface area (Å²) in [5, 5.41) is 0.645. The third kappa shape index (κ3) is 3.38. The maximum atomic E-state index is 12.8. The number of para-hydroxylation sites is 1. The van der Waals surface area contributed by atoms with Gasteiger partial charge in [0.2, 0.25) is 5.78 Å². The van der Waals surface area contributed by atoms with E-state index in [1.165, 1.54) is 0 Å². The molecule has 0 saturated carbocycles. The molecule has 3 aromatic rings. The van der Waals surface area contributed by atoms with Crippen LogP contribution in [0.5, 0.6) is 0 Å². The molecule has 0 saturated heterocycles. The topological polar surface area (TPSA) is 43.0 Å². The van der Waals surface area contributed by atoms with Crippen molar-refractivity contribution < 1.29 is 9.36 Å². The Morgan fingerprint density at radius 1 is 1.04 bits per heavy atom. The standard InChI is InChI=1S/C21H23N2O2/c1-3-4-14-20-22(2)21(25)17-12-8-9-13-18(17)23(20)15-19(24)16-10-6-5-7-11-16/h5-13H,3-4,14-15H2,1-2H3/q+1. The van der Waals surface area contributed by atoms with Crippen molar-refractivity contribution in [3.63, 3.8) is 0 Å². The van der Waals surface area contributed by atoms with E-state index in [9.17, 15) is 9.59 Å². The maximum absolute atomic E-state index is 12.8. The Morgan fingerprint density at radius 3 is 2.44 bits per heavy atom. The van der Waals surface area contributed by atoms with E-state index in [2.05, 4.69) is 6.92 Å². The molecular weight excluding hydrogens is 312 g/mol. The number of benzene rings is 2. The molecule has 25 heavy (non-hydrogen) atoms. The molecule has 0 aliphatic carbocycles. The Kier molecular flexibility index (Phi) is 5.08. The molecule has 4 nitrogen and oxygen atoms in total. The Hall–Kier alpha value is -2.75. The van der Waals surface area contributed by atoms with Gasteiger partial charge in [-0.1, -0.05) is 55.8 Å². The van der Waals surface area contributed by atoms with Gasteiger partial charge in [-0.25, -0.2) is 9.36 Å². The fraction of sp³-hybridized carbons (Fsp3) is 0.286. The van der Waals surface area contributed by atoms with Crippen LogP contribution in [0.2, 0.25) is 0 Å². The summed E-state index contributed by atoms with van der Waals surface area (Å²) < 4.78 is 3.69. The van der Waals surface area contributed by atoms with Crippen molar-refractivity contribution in [1.29, 1.82) is 0 Å². The van der Waals surface area contributed by atoms with Crippen LogP contribution in [0.3, 0.4) is 0 Å². The smallest absolute Gasteiger partial charge is 0.290 e. The second-order valence-electron chi connectivity index (χ2n) is 6.28. The van der Waals surface area contributed by atoms with E-state index in [0.717, 1.165) is 30.6 Å². The third-order valence-corrected chi connectivity index (χ3v) is 4.58. The van der Waals surface area contributed by atoms with Gasteiger partial charge < -0.3 is 0 Å². The first-order chi connectivity index (χ1) is 12.1. The molecule has 128 valence electrons. The van der Waals surface area contributed by atoms with Gasteiger partial charge in [-0.15, -0.1) is 0 Å². The minimum absolute atomic E-state index is 0.00915. The van der Waals surface area contributed by atoms with Gasteiger partial charge in [-0.2, -0.15) is 4.57 Å². The van der Waals surface area contributed by atoms with Crippen LogP contribution < -0.4 is 10.1 Å². The van der Waals surface area contributed by atoms with Crippen molar-refractivity contribution in [2.45, 2.75) is 32.7 Å². The zero-order valence-electron chi connectivity index (χ0n) is 14.7. The fourth-order valence-electron chi connectivity index (χ4n) is 3.18. The van der Waals surface area contributed by atoms with Crippen LogP contribution in [0, 0.1) is 0 Å². The highest BCUT2D eigenvalue weighted by atomic mass is 16.1. The van der Waals surface area contributed by atoms with Crippen molar-refractivity contribution in [3.05, 3.63) is 76.3 Å². The van der Waals surface area contributed by atoms with Crippen molar-refractivity contribution in [3.8, 4) is 0 Å². The Balaban J connectivity index is 2.15. The fourth-order valence-corrected chi connectivity index (χ4v) is 3.18. The van der Waals surface area contributed by atoms with Gasteiger partial charge in [0, 0.05) is 12.0 Å². The van der Waals surface area contributed by atoms with E-state index in [-0.39, 0.29) is 17.9 Å². The molecule has 3 rings (SSSR count). The number of carbonyl (C=O) groups is 1. The zero-order valence-corrected chi connectivity index (χ0v) is 14.7. The van der Waals surface area contributed by atoms with Gasteiger partial charge in [-0.05, 0) is 18.6 Å². The summed E-state index contributed by atoms with van der Waals surface area (Å²) in [6.45, 7) is 2.36. The summed E-state index contributed by atoms with van der Waals surface area (Å²) in [7, 11) is 1.79. The van der Waals surface area contributed by atoms with Gasteiger partial charge in [0.15, 0.2) is 6.54 Å². The van der Waals surface area contributed by atoms with Crippen molar-refractivity contribution >= 4 is 16.7 Å². The van der Waals surface area contributed by atoms with Crippen LogP contribution >= 0.6 is 0 Å². The van der Waals surface area contributed by atoms with E-state index < -0.39 is 0 Å². The van der Waals surface area contributed by atoms with Crippen molar-refractivity contribution in [2.75, 3.05) is 0 Å². The predicted molar refractivity (Wildman–Crippen MR) is 98.8 cm³/mol. The van der Waals surface area contributed by atoms with Crippen LogP contribution in [0.15, 0.2) is 59.4 Å². The van der Waals surface area contributed by atoms with Gasteiger partial charge in [0.25, 0.3) is 5.82 Å². The molecular formula is C21H23N2O2+. The lowest BCUT2D eigenvalue weighted by atomic mass is 10.1. The van der Waals surface area contributed by atoms with Gasteiger partial charge in [0.05, 0.1) is 7.05 Å². The van der Waals surface area contributed by atoms with Crippen molar-refractivity contribution in [1.82, 2.24) is 4.57 Å². The number of carbonyl (C=O) groups excluding carboxylic acids is 1. The summed E-state index contributed by atoms with van der Waals surface area (Å²) in [4.78, 5) is 25.5. The molecule has 0 unspecified atom stereocenters. The number of rotatable bonds is 6. The zero-order chi connectivity index (χ0) is 17.8. The normalized spacial score (nSPS) is 11.0. The summed E-state index contributed by atoms with van der Waals surface area (Å²) in [6.07, 6.45) is 2.79. The first-order valence-corrected chi connectivity index (χ1v) is 8.72. The number of Topliss-reactive ketones (excluding diaryl/α,β-unsaturated/α-hetero) is 1. The molecule has 0 amide bonds. The van der Waals surface area contributed by atoms with Crippen LogP contribution in [0.25, 0.3) is 10.9 Å². The lowest BCUT2D eigenvalue weighted by Crippen LogP contribution is -2.48. The maximum Gasteiger partial charge on any atom is 0.345 e. The summed E-state index contributed by atoms with van der Waals surface area (Å²) >= 11 is 0. The molecule has 4 heteroatoms. The minimum atomic E-state index is -0.00915. The van der Waals surface area contributed by atoms with Gasteiger partial charge in [-0.3, -0.25) is 4.79 Å². The second-order valence-corrected chi connectivity index (χ2v) is 6.28. The number of ketones is 1. The van der Waals surface area contributed by atoms with Crippen LogP contribution in [0.1, 0.15) is 35.9 Å². The molecule has 2 aromatic carbocycles. The molecule has 0 aliphatic rings. The van der Waals surface area contributed by atoms with E-state index in [4.69, 9.17) is 0 Å². The number of hydrogen-bond acceptors (Lipinski definition) is 2. The Bertz CT molecular complexity index is 959. The number of unbranched alkanes of at least 4 members (excludes halogenated alkanes) is 1. The SMILES string of the molecule is CCCCc1n(C)c(=O)c2ccccc2[n+]1CC(=O)c1ccccc1. The van der Waals surface area contributed by atoms with Gasteiger partial charge in [0.1, 0.15) is 10.9 Å². The number of aromatic nitrogens is 2. The second kappa shape index (κ2) is 7.43. The highest BCUT2D eigenvalue weighted by Crippen LogP contribution is 2.09. The Morgan fingerprint density at radius 2 is 1.72 bits per heavy atom. The lowest BCUT2D eigenvalue weighted by molar-refractivity contribution is -0.669. The van der Waals surface area contributed by atoms with Crippen LogP contribution in [-0.2, 0) is 20.0 Å². The lowest BCUT2D eigenvalue weighted by Gasteiger charge is -2.12. The predicted octanol–water partition coefficient (Wildman–Crippen LogP) is 3.05. The first-order valence-electron chi connectivity index (χ1n) is 8.72. The molecule has 0 bridgehead atoms. The number of fused-ring (bicyclic) bond motifs is 1. The van der Waals surface area contributed by atoms with E-state index in [0.29, 0.717) is 10.9 Å². The molecule has 0 aliphatic heterocycles. The van der Waals surface area contributed by atoms with Crippen LogP contribution in [0.4, 0.5) is 0 Å². The number of hydrogen-bond donors (Lipinski definition) is 0. The van der Waals surface area contributed by atoms with Crippen molar-refractivity contribution in [2.24, 2.45) is 7.05 Å². The molecule has 0 N–H and O–H groups in total. The first kappa shape index (κ1) is 17.1. The molecule has 0 radical (unpaired) electrons. The van der Waals surface area contributed by atoms with E-state index in [1.807, 2.05) is 59.2 Å². The average molecular weight is 335 g/mol. The van der Waals surface area contributed by atoms with Crippen LogP contribution in [-0.4, -0.2) is 10.4 Å². The number of nitrogens with zero attached hydrogens (tertiary/aromatic N) is 2. The highest BCUT2D eigenvalue weighted by Gasteiger charge is 2.23. The third-order valence-electron chi connectivity index (χ3n) is 4.58. The Labute approximate surface area is 147 Å². The summed E-state index contributed by atoms with van der Waals surface area (Å²) in [6, 6.07) is 16.8. The molecule has 1 aromatic heterocycles. The summed E-state index contributed by atoms with van der Waals surface area (Å²) in [5.41, 5.74) is 1.50. The highest BCUT2D eigenvalue weighted by molar-refractivity contribution is 5.95. The monoisotopic (exact) mass is 335 g/mol. The largest absolute Gasteiger partial charge is 0.345 e. The van der Waals surface area contributed by atoms with E-state index in [1.54, 1.807) is 11.6 Å². The van der Waals surface area contributed by atoms with E-state index >= 15 is 0 Å². The molecule has 0 fully saturated rings. The molecule has 1 heterocycles. The average Bonchev–Trinajstić information content (AvgIpc) is 2.66. The quantitative estimate of drug-likeness (QED) is 0.513. The minimum Gasteiger partial charge on any atom is -0.290 e. The molecule has 0 spiro atoms. The van der Waals surface area contributed by atoms with Gasteiger partial charge >= 0.3 is 5.56 Å².